The first-order valence-corrected chi connectivity index (χ1v) is 6.95. The van der Waals surface area contributed by atoms with Gasteiger partial charge in [-0.25, -0.2) is 9.97 Å². The van der Waals surface area contributed by atoms with Crippen molar-refractivity contribution in [2.24, 2.45) is 5.92 Å². The van der Waals surface area contributed by atoms with Crippen LogP contribution in [0.2, 0.25) is 0 Å². The predicted molar refractivity (Wildman–Crippen MR) is 77.3 cm³/mol. The first-order valence-electron chi connectivity index (χ1n) is 6.13. The van der Waals surface area contributed by atoms with Gasteiger partial charge in [-0.05, 0) is 41.9 Å². The topological polar surface area (TPSA) is 61.0 Å². The van der Waals surface area contributed by atoms with Crippen LogP contribution in [-0.4, -0.2) is 16.6 Å². The van der Waals surface area contributed by atoms with Gasteiger partial charge < -0.3 is 10.5 Å². The Kier molecular flexibility index (Phi) is 4.63. The number of rotatable bonds is 5. The normalized spacial score (nSPS) is 10.7. The standard InChI is InChI=1S/C14H17N3OS/c1-10(2)9-18-14-11(15)6-7-13(17-14)19-12-5-3-4-8-16-12/h3-8,10H,9,15H2,1-2H3. The maximum absolute atomic E-state index is 5.86. The molecule has 0 aliphatic heterocycles. The number of nitrogens with two attached hydrogens (primary N) is 1. The summed E-state index contributed by atoms with van der Waals surface area (Å²) in [6, 6.07) is 9.46. The summed E-state index contributed by atoms with van der Waals surface area (Å²) in [5.41, 5.74) is 6.42. The zero-order valence-corrected chi connectivity index (χ0v) is 11.9. The van der Waals surface area contributed by atoms with Crippen molar-refractivity contribution in [2.45, 2.75) is 23.9 Å². The van der Waals surface area contributed by atoms with Crippen LogP contribution in [0.4, 0.5) is 5.69 Å². The highest BCUT2D eigenvalue weighted by Crippen LogP contribution is 2.28. The molecule has 0 aliphatic rings. The van der Waals surface area contributed by atoms with Crippen LogP contribution in [-0.2, 0) is 0 Å². The fourth-order valence-electron chi connectivity index (χ4n) is 1.37. The average molecular weight is 275 g/mol. The number of aromatic nitrogens is 2. The van der Waals surface area contributed by atoms with Gasteiger partial charge in [0.2, 0.25) is 5.88 Å². The van der Waals surface area contributed by atoms with Gasteiger partial charge in [-0.15, -0.1) is 0 Å². The van der Waals surface area contributed by atoms with Crippen LogP contribution in [0, 0.1) is 5.92 Å². The van der Waals surface area contributed by atoms with Gasteiger partial charge in [0.25, 0.3) is 0 Å². The highest BCUT2D eigenvalue weighted by Gasteiger charge is 2.07. The molecule has 2 rings (SSSR count). The lowest BCUT2D eigenvalue weighted by molar-refractivity contribution is 0.261. The molecule has 19 heavy (non-hydrogen) atoms. The molecule has 0 amide bonds. The van der Waals surface area contributed by atoms with Crippen LogP contribution in [0.25, 0.3) is 0 Å². The molecule has 100 valence electrons. The smallest absolute Gasteiger partial charge is 0.238 e. The molecule has 0 saturated carbocycles. The fraction of sp³-hybridized carbons (Fsp3) is 0.286. The van der Waals surface area contributed by atoms with Crippen molar-refractivity contribution in [3.63, 3.8) is 0 Å². The summed E-state index contributed by atoms with van der Waals surface area (Å²) in [6.45, 7) is 4.78. The quantitative estimate of drug-likeness (QED) is 0.907. The van der Waals surface area contributed by atoms with E-state index in [0.29, 0.717) is 24.1 Å². The Morgan fingerprint density at radius 3 is 2.74 bits per heavy atom. The first-order chi connectivity index (χ1) is 9.15. The number of pyridine rings is 2. The summed E-state index contributed by atoms with van der Waals surface area (Å²) in [5.74, 6) is 0.933. The Morgan fingerprint density at radius 1 is 1.21 bits per heavy atom. The van der Waals surface area contributed by atoms with Crippen molar-refractivity contribution in [3.8, 4) is 5.88 Å². The van der Waals surface area contributed by atoms with Crippen molar-refractivity contribution >= 4 is 17.4 Å². The summed E-state index contributed by atoms with van der Waals surface area (Å²) in [4.78, 5) is 8.67. The predicted octanol–water partition coefficient (Wildman–Crippen LogP) is 3.24. The van der Waals surface area contributed by atoms with Gasteiger partial charge >= 0.3 is 0 Å². The van der Waals surface area contributed by atoms with Crippen LogP contribution >= 0.6 is 11.8 Å². The molecular formula is C14H17N3OS. The molecule has 0 bridgehead atoms. The molecular weight excluding hydrogens is 258 g/mol. The minimum atomic E-state index is 0.438. The molecule has 2 N–H and O–H groups in total. The van der Waals surface area contributed by atoms with Gasteiger partial charge in [-0.1, -0.05) is 19.9 Å². The molecule has 5 heteroatoms. The Morgan fingerprint density at radius 2 is 2.05 bits per heavy atom. The SMILES string of the molecule is CC(C)COc1nc(Sc2ccccn2)ccc1N. The van der Waals surface area contributed by atoms with E-state index >= 15 is 0 Å². The lowest BCUT2D eigenvalue weighted by atomic mass is 10.2. The van der Waals surface area contributed by atoms with E-state index in [-0.39, 0.29) is 0 Å². The van der Waals surface area contributed by atoms with Crippen LogP contribution in [0.5, 0.6) is 5.88 Å². The number of hydrogen-bond donors (Lipinski definition) is 1. The number of nitrogen functional groups attached to an aromatic ring is 1. The third kappa shape index (κ3) is 4.13. The molecule has 0 saturated heterocycles. The maximum Gasteiger partial charge on any atom is 0.238 e. The Labute approximate surface area is 117 Å². The van der Waals surface area contributed by atoms with Crippen LogP contribution in [0.3, 0.4) is 0 Å². The van der Waals surface area contributed by atoms with Crippen molar-refractivity contribution in [2.75, 3.05) is 12.3 Å². The fourth-order valence-corrected chi connectivity index (χ4v) is 2.11. The molecule has 4 nitrogen and oxygen atoms in total. The van der Waals surface area contributed by atoms with E-state index < -0.39 is 0 Å². The second-order valence-corrected chi connectivity index (χ2v) is 5.56. The van der Waals surface area contributed by atoms with Crippen LogP contribution in [0.15, 0.2) is 46.6 Å². The number of ether oxygens (including phenoxy) is 1. The summed E-state index contributed by atoms with van der Waals surface area (Å²) in [7, 11) is 0. The molecule has 0 unspecified atom stereocenters. The summed E-state index contributed by atoms with van der Waals surface area (Å²) < 4.78 is 5.61. The Hall–Kier alpha value is -1.75. The van der Waals surface area contributed by atoms with Gasteiger partial charge in [0.15, 0.2) is 0 Å². The monoisotopic (exact) mass is 275 g/mol. The highest BCUT2D eigenvalue weighted by atomic mass is 32.2. The molecule has 0 fully saturated rings. The minimum absolute atomic E-state index is 0.438. The second-order valence-electron chi connectivity index (χ2n) is 4.52. The number of hydrogen-bond acceptors (Lipinski definition) is 5. The zero-order valence-electron chi connectivity index (χ0n) is 11.0. The van der Waals surface area contributed by atoms with Gasteiger partial charge in [0.1, 0.15) is 10.1 Å². The zero-order chi connectivity index (χ0) is 13.7. The molecule has 0 radical (unpaired) electrons. The summed E-state index contributed by atoms with van der Waals surface area (Å²) >= 11 is 1.49. The highest BCUT2D eigenvalue weighted by molar-refractivity contribution is 7.99. The van der Waals surface area contributed by atoms with E-state index in [4.69, 9.17) is 10.5 Å². The van der Waals surface area contributed by atoms with E-state index in [2.05, 4.69) is 23.8 Å². The third-order valence-electron chi connectivity index (χ3n) is 2.26. The molecule has 0 aliphatic carbocycles. The van der Waals surface area contributed by atoms with Gasteiger partial charge in [0, 0.05) is 6.20 Å². The van der Waals surface area contributed by atoms with Crippen LogP contribution < -0.4 is 10.5 Å². The Balaban J connectivity index is 2.12. The van der Waals surface area contributed by atoms with Crippen molar-refractivity contribution in [1.82, 2.24) is 9.97 Å². The third-order valence-corrected chi connectivity index (χ3v) is 3.15. The molecule has 2 aromatic heterocycles. The molecule has 0 spiro atoms. The van der Waals surface area contributed by atoms with Crippen molar-refractivity contribution in [3.05, 3.63) is 36.5 Å². The number of nitrogens with zero attached hydrogens (tertiary/aromatic N) is 2. The van der Waals surface area contributed by atoms with E-state index in [0.717, 1.165) is 10.1 Å². The van der Waals surface area contributed by atoms with Crippen molar-refractivity contribution in [1.29, 1.82) is 0 Å². The van der Waals surface area contributed by atoms with E-state index in [9.17, 15) is 0 Å². The lowest BCUT2D eigenvalue weighted by Crippen LogP contribution is -2.07. The second kappa shape index (κ2) is 6.43. The van der Waals surface area contributed by atoms with E-state index in [1.54, 1.807) is 6.20 Å². The lowest BCUT2D eigenvalue weighted by Gasteiger charge is -2.10. The van der Waals surface area contributed by atoms with Gasteiger partial charge in [0.05, 0.1) is 12.3 Å². The summed E-state index contributed by atoms with van der Waals surface area (Å²) in [6.07, 6.45) is 1.76. The van der Waals surface area contributed by atoms with Gasteiger partial charge in [-0.3, -0.25) is 0 Å². The molecule has 0 aromatic carbocycles. The number of anilines is 1. The average Bonchev–Trinajstić information content (AvgIpc) is 2.40. The van der Waals surface area contributed by atoms with Crippen LogP contribution in [0.1, 0.15) is 13.8 Å². The van der Waals surface area contributed by atoms with Gasteiger partial charge in [-0.2, -0.15) is 0 Å². The summed E-state index contributed by atoms with van der Waals surface area (Å²) in [5, 5.41) is 1.72. The molecule has 2 aromatic rings. The molecule has 0 atom stereocenters. The molecule has 2 heterocycles. The first kappa shape index (κ1) is 13.7. The van der Waals surface area contributed by atoms with E-state index in [1.807, 2.05) is 30.3 Å². The Bertz CT molecular complexity index is 531. The van der Waals surface area contributed by atoms with Crippen molar-refractivity contribution < 1.29 is 4.74 Å². The maximum atomic E-state index is 5.86. The largest absolute Gasteiger partial charge is 0.476 e. The van der Waals surface area contributed by atoms with E-state index in [1.165, 1.54) is 11.8 Å². The minimum Gasteiger partial charge on any atom is -0.476 e.